The van der Waals surface area contributed by atoms with Gasteiger partial charge < -0.3 is 15.3 Å². The van der Waals surface area contributed by atoms with Gasteiger partial charge in [-0.15, -0.1) is 0 Å². The van der Waals surface area contributed by atoms with Crippen molar-refractivity contribution in [2.75, 3.05) is 26.7 Å². The molecule has 0 amide bonds. The maximum absolute atomic E-state index is 9.59. The Morgan fingerprint density at radius 1 is 1.38 bits per heavy atom. The van der Waals surface area contributed by atoms with Gasteiger partial charge in [-0.3, -0.25) is 0 Å². The fourth-order valence-corrected chi connectivity index (χ4v) is 1.27. The first-order valence-electron chi connectivity index (χ1n) is 5.16. The highest BCUT2D eigenvalue weighted by molar-refractivity contribution is 4.65. The van der Waals surface area contributed by atoms with Gasteiger partial charge in [-0.1, -0.05) is 20.8 Å². The predicted molar refractivity (Wildman–Crippen MR) is 56.9 cm³/mol. The van der Waals surface area contributed by atoms with Crippen molar-refractivity contribution in [2.24, 2.45) is 0 Å². The van der Waals surface area contributed by atoms with Crippen molar-refractivity contribution in [3.63, 3.8) is 0 Å². The highest BCUT2D eigenvalue weighted by atomic mass is 16.3. The van der Waals surface area contributed by atoms with E-state index in [1.54, 1.807) is 0 Å². The minimum atomic E-state index is -0.251. The van der Waals surface area contributed by atoms with Crippen molar-refractivity contribution in [1.82, 2.24) is 10.2 Å². The van der Waals surface area contributed by atoms with Crippen LogP contribution in [0.15, 0.2) is 0 Å². The van der Waals surface area contributed by atoms with Crippen LogP contribution in [0.2, 0.25) is 0 Å². The SMILES string of the molecule is CCCN(C)CC(O)CNC(C)C. The van der Waals surface area contributed by atoms with Crippen LogP contribution in [-0.4, -0.2) is 48.8 Å². The van der Waals surface area contributed by atoms with Crippen LogP contribution in [0, 0.1) is 0 Å². The quantitative estimate of drug-likeness (QED) is 0.617. The van der Waals surface area contributed by atoms with Crippen molar-refractivity contribution in [2.45, 2.75) is 39.3 Å². The van der Waals surface area contributed by atoms with Crippen LogP contribution in [0.1, 0.15) is 27.2 Å². The fourth-order valence-electron chi connectivity index (χ4n) is 1.27. The summed E-state index contributed by atoms with van der Waals surface area (Å²) in [6, 6.07) is 0.450. The Balaban J connectivity index is 3.43. The van der Waals surface area contributed by atoms with E-state index in [0.29, 0.717) is 12.6 Å². The lowest BCUT2D eigenvalue weighted by Gasteiger charge is -2.20. The van der Waals surface area contributed by atoms with E-state index in [4.69, 9.17) is 0 Å². The van der Waals surface area contributed by atoms with Crippen molar-refractivity contribution >= 4 is 0 Å². The molecule has 0 saturated heterocycles. The summed E-state index contributed by atoms with van der Waals surface area (Å²) in [6.45, 7) is 8.82. The Morgan fingerprint density at radius 3 is 2.46 bits per heavy atom. The van der Waals surface area contributed by atoms with E-state index in [0.717, 1.165) is 19.5 Å². The van der Waals surface area contributed by atoms with Gasteiger partial charge in [0.05, 0.1) is 6.10 Å². The normalized spacial score (nSPS) is 14.1. The van der Waals surface area contributed by atoms with Crippen LogP contribution in [0.3, 0.4) is 0 Å². The molecule has 0 fully saturated rings. The van der Waals surface area contributed by atoms with E-state index in [2.05, 4.69) is 31.0 Å². The zero-order chi connectivity index (χ0) is 10.3. The first kappa shape index (κ1) is 12.9. The van der Waals surface area contributed by atoms with Crippen LogP contribution in [0.4, 0.5) is 0 Å². The number of hydrogen-bond donors (Lipinski definition) is 2. The third-order valence-electron chi connectivity index (χ3n) is 1.89. The highest BCUT2D eigenvalue weighted by Gasteiger charge is 2.07. The van der Waals surface area contributed by atoms with E-state index in [1.807, 2.05) is 7.05 Å². The molecule has 1 unspecified atom stereocenters. The van der Waals surface area contributed by atoms with Crippen LogP contribution in [0.5, 0.6) is 0 Å². The first-order valence-corrected chi connectivity index (χ1v) is 5.16. The van der Waals surface area contributed by atoms with Gasteiger partial charge in [0, 0.05) is 19.1 Å². The second kappa shape index (κ2) is 7.30. The topological polar surface area (TPSA) is 35.5 Å². The standard InChI is InChI=1S/C10H24N2O/c1-5-6-12(4)8-10(13)7-11-9(2)3/h9-11,13H,5-8H2,1-4H3. The Hall–Kier alpha value is -0.120. The third-order valence-corrected chi connectivity index (χ3v) is 1.89. The predicted octanol–water partition coefficient (Wildman–Crippen LogP) is 0.687. The summed E-state index contributed by atoms with van der Waals surface area (Å²) >= 11 is 0. The Morgan fingerprint density at radius 2 is 2.00 bits per heavy atom. The van der Waals surface area contributed by atoms with Crippen LogP contribution in [-0.2, 0) is 0 Å². The van der Waals surface area contributed by atoms with E-state index in [9.17, 15) is 5.11 Å². The molecule has 80 valence electrons. The molecule has 0 aliphatic carbocycles. The molecule has 0 heterocycles. The van der Waals surface area contributed by atoms with E-state index in [-0.39, 0.29) is 6.10 Å². The number of nitrogens with one attached hydrogen (secondary N) is 1. The molecule has 0 aliphatic rings. The Kier molecular flexibility index (Phi) is 7.23. The lowest BCUT2D eigenvalue weighted by molar-refractivity contribution is 0.122. The van der Waals surface area contributed by atoms with Gasteiger partial charge in [0.25, 0.3) is 0 Å². The molecule has 2 N–H and O–H groups in total. The first-order chi connectivity index (χ1) is 6.06. The summed E-state index contributed by atoms with van der Waals surface area (Å²) in [5, 5.41) is 12.8. The molecule has 3 heteroatoms. The van der Waals surface area contributed by atoms with Crippen LogP contribution < -0.4 is 5.32 Å². The molecule has 0 aromatic heterocycles. The fraction of sp³-hybridized carbons (Fsp3) is 1.00. The number of hydrogen-bond acceptors (Lipinski definition) is 3. The molecule has 13 heavy (non-hydrogen) atoms. The van der Waals surface area contributed by atoms with Gasteiger partial charge in [-0.2, -0.15) is 0 Å². The van der Waals surface area contributed by atoms with Crippen molar-refractivity contribution in [3.05, 3.63) is 0 Å². The van der Waals surface area contributed by atoms with Gasteiger partial charge in [0.15, 0.2) is 0 Å². The molecular formula is C10H24N2O. The van der Waals surface area contributed by atoms with Gasteiger partial charge in [0.1, 0.15) is 0 Å². The maximum atomic E-state index is 9.59. The monoisotopic (exact) mass is 188 g/mol. The zero-order valence-electron chi connectivity index (χ0n) is 9.38. The van der Waals surface area contributed by atoms with Crippen molar-refractivity contribution in [1.29, 1.82) is 0 Å². The lowest BCUT2D eigenvalue weighted by atomic mass is 10.3. The number of rotatable bonds is 7. The molecule has 0 aromatic rings. The van der Waals surface area contributed by atoms with E-state index >= 15 is 0 Å². The summed E-state index contributed by atoms with van der Waals surface area (Å²) in [5.74, 6) is 0. The third kappa shape index (κ3) is 8.22. The number of likely N-dealkylation sites (N-methyl/N-ethyl adjacent to an activating group) is 1. The molecule has 0 bridgehead atoms. The molecule has 3 nitrogen and oxygen atoms in total. The molecular weight excluding hydrogens is 164 g/mol. The molecule has 0 saturated carbocycles. The molecule has 0 spiro atoms. The van der Waals surface area contributed by atoms with Crippen LogP contribution in [0.25, 0.3) is 0 Å². The Labute approximate surface area is 82.1 Å². The summed E-state index contributed by atoms with van der Waals surface area (Å²) < 4.78 is 0. The van der Waals surface area contributed by atoms with E-state index in [1.165, 1.54) is 0 Å². The largest absolute Gasteiger partial charge is 0.390 e. The number of aliphatic hydroxyl groups excluding tert-OH is 1. The maximum Gasteiger partial charge on any atom is 0.0791 e. The summed E-state index contributed by atoms with van der Waals surface area (Å²) in [4.78, 5) is 2.16. The van der Waals surface area contributed by atoms with E-state index < -0.39 is 0 Å². The summed E-state index contributed by atoms with van der Waals surface area (Å²) in [5.41, 5.74) is 0. The van der Waals surface area contributed by atoms with Gasteiger partial charge in [-0.05, 0) is 20.0 Å². The molecule has 0 aliphatic heterocycles. The molecule has 0 rings (SSSR count). The van der Waals surface area contributed by atoms with Gasteiger partial charge in [0.2, 0.25) is 0 Å². The molecule has 0 aromatic carbocycles. The van der Waals surface area contributed by atoms with Crippen LogP contribution >= 0.6 is 0 Å². The lowest BCUT2D eigenvalue weighted by Crippen LogP contribution is -2.39. The van der Waals surface area contributed by atoms with Gasteiger partial charge in [-0.25, -0.2) is 0 Å². The minimum Gasteiger partial charge on any atom is -0.390 e. The second-order valence-corrected chi connectivity index (χ2v) is 3.98. The smallest absolute Gasteiger partial charge is 0.0791 e. The average molecular weight is 188 g/mol. The number of aliphatic hydroxyl groups is 1. The summed E-state index contributed by atoms with van der Waals surface area (Å²) in [7, 11) is 2.04. The average Bonchev–Trinajstić information content (AvgIpc) is 2.01. The Bertz CT molecular complexity index is 117. The highest BCUT2D eigenvalue weighted by Crippen LogP contribution is 1.91. The zero-order valence-corrected chi connectivity index (χ0v) is 9.38. The summed E-state index contributed by atoms with van der Waals surface area (Å²) in [6.07, 6.45) is 0.889. The van der Waals surface area contributed by atoms with Crippen molar-refractivity contribution < 1.29 is 5.11 Å². The molecule has 1 atom stereocenters. The molecule has 0 radical (unpaired) electrons. The number of nitrogens with zero attached hydrogens (tertiary/aromatic N) is 1. The van der Waals surface area contributed by atoms with Crippen molar-refractivity contribution in [3.8, 4) is 0 Å². The minimum absolute atomic E-state index is 0.251. The second-order valence-electron chi connectivity index (χ2n) is 3.98. The van der Waals surface area contributed by atoms with Gasteiger partial charge >= 0.3 is 0 Å².